The Morgan fingerprint density at radius 3 is 2.62 bits per heavy atom. The highest BCUT2D eigenvalue weighted by molar-refractivity contribution is 5.48. The molecule has 1 aliphatic rings. The van der Waals surface area contributed by atoms with E-state index in [2.05, 4.69) is 15.3 Å². The Hall–Kier alpha value is -1.33. The molecule has 1 heterocycles. The molecule has 3 nitrogen and oxygen atoms in total. The molecule has 1 aromatic rings. The molecule has 0 aliphatic heterocycles. The summed E-state index contributed by atoms with van der Waals surface area (Å²) >= 11 is 0. The Morgan fingerprint density at radius 1 is 1.25 bits per heavy atom. The monoisotopic (exact) mass is 231 g/mol. The molecular weight excluding hydrogens is 219 g/mol. The molecule has 6 heteroatoms. The van der Waals surface area contributed by atoms with Crippen LogP contribution in [0, 0.1) is 0 Å². The largest absolute Gasteiger partial charge is 0.396 e. The van der Waals surface area contributed by atoms with E-state index in [4.69, 9.17) is 0 Å². The van der Waals surface area contributed by atoms with Gasteiger partial charge in [0.05, 0.1) is 0 Å². The topological polar surface area (TPSA) is 37.8 Å². The van der Waals surface area contributed by atoms with Crippen LogP contribution in [0.3, 0.4) is 0 Å². The Morgan fingerprint density at radius 2 is 2.00 bits per heavy atom. The van der Waals surface area contributed by atoms with Gasteiger partial charge in [-0.2, -0.15) is 13.2 Å². The second-order valence-corrected chi connectivity index (χ2v) is 3.81. The van der Waals surface area contributed by atoms with Gasteiger partial charge in [0, 0.05) is 18.3 Å². The smallest absolute Gasteiger partial charge is 0.373 e. The Balaban J connectivity index is 2.35. The molecule has 1 N–H and O–H groups in total. The number of nitrogens with one attached hydrogen (secondary N) is 1. The van der Waals surface area contributed by atoms with Gasteiger partial charge in [-0.25, -0.2) is 9.97 Å². The molecule has 0 bridgehead atoms. The van der Waals surface area contributed by atoms with Crippen LogP contribution >= 0.6 is 0 Å². The number of nitrogens with zero attached hydrogens (tertiary/aromatic N) is 2. The molecule has 16 heavy (non-hydrogen) atoms. The lowest BCUT2D eigenvalue weighted by atomic mass is 10.2. The second-order valence-electron chi connectivity index (χ2n) is 3.81. The first-order valence-corrected chi connectivity index (χ1v) is 5.13. The van der Waals surface area contributed by atoms with E-state index in [9.17, 15) is 13.2 Å². The summed E-state index contributed by atoms with van der Waals surface area (Å²) in [6.45, 7) is 0. The molecule has 0 amide bonds. The highest BCUT2D eigenvalue weighted by Gasteiger charge is 2.30. The molecule has 1 aromatic heterocycles. The van der Waals surface area contributed by atoms with Crippen LogP contribution < -0.4 is 5.32 Å². The summed E-state index contributed by atoms with van der Waals surface area (Å²) in [5.74, 6) is 0.402. The molecule has 0 spiro atoms. The van der Waals surface area contributed by atoms with Crippen LogP contribution in [0.25, 0.3) is 0 Å². The van der Waals surface area contributed by atoms with E-state index < -0.39 is 12.6 Å². The van der Waals surface area contributed by atoms with Crippen molar-refractivity contribution >= 4 is 5.82 Å². The molecule has 0 fully saturated rings. The van der Waals surface area contributed by atoms with E-state index >= 15 is 0 Å². The third-order valence-corrected chi connectivity index (χ3v) is 2.57. The van der Waals surface area contributed by atoms with E-state index in [-0.39, 0.29) is 5.82 Å². The number of aromatic nitrogens is 2. The maximum atomic E-state index is 12.2. The summed E-state index contributed by atoms with van der Waals surface area (Å²) in [4.78, 5) is 7.88. The van der Waals surface area contributed by atoms with E-state index in [1.54, 1.807) is 7.05 Å². The van der Waals surface area contributed by atoms with Gasteiger partial charge in [0.1, 0.15) is 18.1 Å². The fourth-order valence-corrected chi connectivity index (χ4v) is 1.95. The van der Waals surface area contributed by atoms with Gasteiger partial charge in [-0.1, -0.05) is 0 Å². The zero-order valence-corrected chi connectivity index (χ0v) is 8.86. The van der Waals surface area contributed by atoms with Crippen molar-refractivity contribution < 1.29 is 13.2 Å². The van der Waals surface area contributed by atoms with Crippen molar-refractivity contribution in [3.8, 4) is 0 Å². The second kappa shape index (κ2) is 3.92. The lowest BCUT2D eigenvalue weighted by molar-refractivity contribution is -0.128. The number of alkyl halides is 3. The first-order chi connectivity index (χ1) is 7.49. The van der Waals surface area contributed by atoms with Crippen molar-refractivity contribution in [3.63, 3.8) is 0 Å². The van der Waals surface area contributed by atoms with Gasteiger partial charge in [0.25, 0.3) is 0 Å². The van der Waals surface area contributed by atoms with Gasteiger partial charge >= 0.3 is 6.18 Å². The van der Waals surface area contributed by atoms with E-state index in [1.807, 2.05) is 0 Å². The molecule has 88 valence electrons. The summed E-state index contributed by atoms with van der Waals surface area (Å²) in [5, 5.41) is 2.84. The lowest BCUT2D eigenvalue weighted by Crippen LogP contribution is -2.16. The van der Waals surface area contributed by atoms with Gasteiger partial charge < -0.3 is 5.32 Å². The van der Waals surface area contributed by atoms with Gasteiger partial charge in [-0.15, -0.1) is 0 Å². The van der Waals surface area contributed by atoms with Crippen molar-refractivity contribution in [3.05, 3.63) is 17.1 Å². The van der Waals surface area contributed by atoms with Crippen LogP contribution in [-0.4, -0.2) is 23.2 Å². The molecule has 0 radical (unpaired) electrons. The standard InChI is InChI=1S/C10H12F3N3/c1-14-9-6-3-2-4-7(6)15-8(16-9)5-10(11,12)13/h2-5H2,1H3,(H,14,15,16). The highest BCUT2D eigenvalue weighted by Crippen LogP contribution is 2.27. The number of aryl methyl sites for hydroxylation is 1. The van der Waals surface area contributed by atoms with Crippen LogP contribution in [0.2, 0.25) is 0 Å². The molecule has 0 unspecified atom stereocenters. The van der Waals surface area contributed by atoms with Crippen molar-refractivity contribution in [2.75, 3.05) is 12.4 Å². The molecular formula is C10H12F3N3. The zero-order chi connectivity index (χ0) is 11.8. The number of fused-ring (bicyclic) bond motifs is 1. The van der Waals surface area contributed by atoms with Crippen molar-refractivity contribution in [2.45, 2.75) is 31.9 Å². The lowest BCUT2D eigenvalue weighted by Gasteiger charge is -2.10. The Labute approximate surface area is 91.1 Å². The van der Waals surface area contributed by atoms with Crippen molar-refractivity contribution in [1.29, 1.82) is 0 Å². The van der Waals surface area contributed by atoms with E-state index in [0.29, 0.717) is 5.82 Å². The van der Waals surface area contributed by atoms with Crippen LogP contribution in [0.5, 0.6) is 0 Å². The van der Waals surface area contributed by atoms with Gasteiger partial charge in [0.15, 0.2) is 0 Å². The number of anilines is 1. The van der Waals surface area contributed by atoms with Gasteiger partial charge in [-0.3, -0.25) is 0 Å². The molecule has 0 saturated carbocycles. The first-order valence-electron chi connectivity index (χ1n) is 5.13. The average Bonchev–Trinajstić information content (AvgIpc) is 2.61. The van der Waals surface area contributed by atoms with Crippen LogP contribution in [-0.2, 0) is 19.3 Å². The third-order valence-electron chi connectivity index (χ3n) is 2.57. The minimum Gasteiger partial charge on any atom is -0.373 e. The van der Waals surface area contributed by atoms with Gasteiger partial charge in [-0.05, 0) is 19.3 Å². The quantitative estimate of drug-likeness (QED) is 0.847. The zero-order valence-electron chi connectivity index (χ0n) is 8.86. The van der Waals surface area contributed by atoms with Crippen LogP contribution in [0.1, 0.15) is 23.5 Å². The summed E-state index contributed by atoms with van der Waals surface area (Å²) < 4.78 is 36.7. The third kappa shape index (κ3) is 2.25. The number of halogens is 3. The first kappa shape index (κ1) is 11.2. The summed E-state index contributed by atoms with van der Waals surface area (Å²) in [6, 6.07) is 0. The van der Waals surface area contributed by atoms with E-state index in [1.165, 1.54) is 0 Å². The highest BCUT2D eigenvalue weighted by atomic mass is 19.4. The molecule has 0 atom stereocenters. The minimum atomic E-state index is -4.25. The molecule has 0 saturated heterocycles. The predicted octanol–water partition coefficient (Wildman–Crippen LogP) is 2.11. The number of hydrogen-bond acceptors (Lipinski definition) is 3. The number of hydrogen-bond donors (Lipinski definition) is 1. The minimum absolute atomic E-state index is 0.141. The maximum absolute atomic E-state index is 12.2. The normalized spacial score (nSPS) is 15.0. The number of rotatable bonds is 2. The maximum Gasteiger partial charge on any atom is 0.396 e. The Kier molecular flexibility index (Phi) is 2.73. The summed E-state index contributed by atoms with van der Waals surface area (Å²) in [6.07, 6.45) is -2.78. The predicted molar refractivity (Wildman–Crippen MR) is 53.4 cm³/mol. The average molecular weight is 231 g/mol. The van der Waals surface area contributed by atoms with E-state index in [0.717, 1.165) is 30.5 Å². The van der Waals surface area contributed by atoms with Crippen molar-refractivity contribution in [2.24, 2.45) is 0 Å². The summed E-state index contributed by atoms with van der Waals surface area (Å²) in [7, 11) is 1.66. The van der Waals surface area contributed by atoms with Crippen LogP contribution in [0.4, 0.5) is 19.0 Å². The summed E-state index contributed by atoms with van der Waals surface area (Å²) in [5.41, 5.74) is 1.73. The molecule has 1 aliphatic carbocycles. The molecule has 2 rings (SSSR count). The van der Waals surface area contributed by atoms with Crippen LogP contribution in [0.15, 0.2) is 0 Å². The fourth-order valence-electron chi connectivity index (χ4n) is 1.95. The van der Waals surface area contributed by atoms with Crippen molar-refractivity contribution in [1.82, 2.24) is 9.97 Å². The SMILES string of the molecule is CNc1nc(CC(F)(F)F)nc2c1CCC2. The van der Waals surface area contributed by atoms with Gasteiger partial charge in [0.2, 0.25) is 0 Å². The molecule has 0 aromatic carbocycles. The fraction of sp³-hybridized carbons (Fsp3) is 0.600. The Bertz CT molecular complexity index is 401.